The van der Waals surface area contributed by atoms with Crippen LogP contribution in [0.15, 0.2) is 17.3 Å². The first-order valence-electron chi connectivity index (χ1n) is 4.70. The van der Waals surface area contributed by atoms with E-state index >= 15 is 0 Å². The lowest BCUT2D eigenvalue weighted by Gasteiger charge is -2.01. The molecule has 1 aromatic heterocycles. The van der Waals surface area contributed by atoms with Crippen LogP contribution in [0.4, 0.5) is 5.69 Å². The van der Waals surface area contributed by atoms with Gasteiger partial charge < -0.3 is 0 Å². The van der Waals surface area contributed by atoms with Crippen LogP contribution in [0.2, 0.25) is 0 Å². The van der Waals surface area contributed by atoms with Gasteiger partial charge in [-0.3, -0.25) is 9.98 Å². The first-order chi connectivity index (χ1) is 6.25. The van der Waals surface area contributed by atoms with E-state index in [1.165, 1.54) is 5.56 Å². The van der Waals surface area contributed by atoms with Gasteiger partial charge >= 0.3 is 0 Å². The lowest BCUT2D eigenvalue weighted by molar-refractivity contribution is 1.01. The van der Waals surface area contributed by atoms with Crippen LogP contribution in [-0.4, -0.2) is 11.2 Å². The summed E-state index contributed by atoms with van der Waals surface area (Å²) in [4.78, 5) is 8.61. The fraction of sp³-hybridized carbons (Fsp3) is 0.455. The molecule has 0 amide bonds. The number of hydrogen-bond donors (Lipinski definition) is 0. The summed E-state index contributed by atoms with van der Waals surface area (Å²) in [7, 11) is 0. The highest BCUT2D eigenvalue weighted by atomic mass is 14.8. The van der Waals surface area contributed by atoms with Gasteiger partial charge in [0.1, 0.15) is 0 Å². The summed E-state index contributed by atoms with van der Waals surface area (Å²) in [6, 6.07) is 1.99. The Morgan fingerprint density at radius 2 is 2.23 bits per heavy atom. The normalized spacial score (nSPS) is 11.0. The number of unbranched alkanes of at least 4 members (excludes halogenated alkanes) is 1. The summed E-state index contributed by atoms with van der Waals surface area (Å²) in [6.07, 6.45) is 5.97. The van der Waals surface area contributed by atoms with Gasteiger partial charge in [0.25, 0.3) is 0 Å². The molecule has 0 unspecified atom stereocenters. The summed E-state index contributed by atoms with van der Waals surface area (Å²) in [6.45, 7) is 6.20. The molecule has 1 heterocycles. The first-order valence-corrected chi connectivity index (χ1v) is 4.70. The average molecular weight is 176 g/mol. The Hall–Kier alpha value is -1.18. The molecule has 0 bridgehead atoms. The predicted octanol–water partition coefficient (Wildman–Crippen LogP) is 3.20. The van der Waals surface area contributed by atoms with Crippen molar-refractivity contribution in [3.05, 3.63) is 23.5 Å². The number of aliphatic imine (C=N–C) groups is 1. The van der Waals surface area contributed by atoms with Crippen LogP contribution in [0.5, 0.6) is 0 Å². The molecule has 0 saturated heterocycles. The van der Waals surface area contributed by atoms with Crippen LogP contribution >= 0.6 is 0 Å². The van der Waals surface area contributed by atoms with E-state index in [4.69, 9.17) is 0 Å². The van der Waals surface area contributed by atoms with Gasteiger partial charge in [0.15, 0.2) is 0 Å². The number of aryl methyl sites for hydroxylation is 2. The Kier molecular flexibility index (Phi) is 3.62. The Balaban J connectivity index is 2.87. The Morgan fingerprint density at radius 3 is 2.85 bits per heavy atom. The predicted molar refractivity (Wildman–Crippen MR) is 56.8 cm³/mol. The van der Waals surface area contributed by atoms with Crippen molar-refractivity contribution in [2.45, 2.75) is 33.6 Å². The topological polar surface area (TPSA) is 25.2 Å². The second kappa shape index (κ2) is 4.75. The molecule has 2 nitrogen and oxygen atoms in total. The second-order valence-corrected chi connectivity index (χ2v) is 3.16. The van der Waals surface area contributed by atoms with Crippen molar-refractivity contribution in [1.82, 2.24) is 4.98 Å². The van der Waals surface area contributed by atoms with E-state index < -0.39 is 0 Å². The van der Waals surface area contributed by atoms with Crippen LogP contribution < -0.4 is 0 Å². The monoisotopic (exact) mass is 176 g/mol. The summed E-state index contributed by atoms with van der Waals surface area (Å²) in [5.41, 5.74) is 3.23. The van der Waals surface area contributed by atoms with E-state index in [0.29, 0.717) is 0 Å². The van der Waals surface area contributed by atoms with E-state index in [2.05, 4.69) is 23.8 Å². The van der Waals surface area contributed by atoms with Crippen molar-refractivity contribution in [1.29, 1.82) is 0 Å². The van der Waals surface area contributed by atoms with Gasteiger partial charge in [-0.05, 0) is 31.9 Å². The SMILES string of the molecule is CCC/C=N\c1c(C)ccnc1C. The van der Waals surface area contributed by atoms with E-state index in [-0.39, 0.29) is 0 Å². The molecule has 0 aliphatic rings. The van der Waals surface area contributed by atoms with Crippen molar-refractivity contribution < 1.29 is 0 Å². The molecule has 70 valence electrons. The Morgan fingerprint density at radius 1 is 1.46 bits per heavy atom. The highest BCUT2D eigenvalue weighted by molar-refractivity contribution is 5.65. The molecule has 2 heteroatoms. The molecular formula is C11H16N2. The van der Waals surface area contributed by atoms with Crippen molar-refractivity contribution >= 4 is 11.9 Å². The number of pyridine rings is 1. The fourth-order valence-corrected chi connectivity index (χ4v) is 1.17. The molecule has 0 N–H and O–H groups in total. The number of hydrogen-bond acceptors (Lipinski definition) is 2. The van der Waals surface area contributed by atoms with Crippen molar-refractivity contribution in [2.24, 2.45) is 4.99 Å². The zero-order valence-electron chi connectivity index (χ0n) is 8.54. The zero-order chi connectivity index (χ0) is 9.68. The average Bonchev–Trinajstić information content (AvgIpc) is 2.10. The highest BCUT2D eigenvalue weighted by Crippen LogP contribution is 2.20. The highest BCUT2D eigenvalue weighted by Gasteiger charge is 1.98. The molecule has 0 aliphatic heterocycles. The largest absolute Gasteiger partial charge is 0.259 e. The number of nitrogens with zero attached hydrogens (tertiary/aromatic N) is 2. The molecule has 0 fully saturated rings. The van der Waals surface area contributed by atoms with Crippen molar-refractivity contribution in [3.8, 4) is 0 Å². The molecule has 0 aromatic carbocycles. The van der Waals surface area contributed by atoms with Crippen LogP contribution in [0.3, 0.4) is 0 Å². The van der Waals surface area contributed by atoms with Crippen LogP contribution in [0.25, 0.3) is 0 Å². The number of rotatable bonds is 3. The van der Waals surface area contributed by atoms with Gasteiger partial charge in [0.2, 0.25) is 0 Å². The second-order valence-electron chi connectivity index (χ2n) is 3.16. The Labute approximate surface area is 79.7 Å². The van der Waals surface area contributed by atoms with Crippen molar-refractivity contribution in [3.63, 3.8) is 0 Å². The van der Waals surface area contributed by atoms with Gasteiger partial charge in [-0.15, -0.1) is 0 Å². The molecule has 0 saturated carbocycles. The first kappa shape index (κ1) is 9.90. The van der Waals surface area contributed by atoms with Gasteiger partial charge in [0, 0.05) is 12.4 Å². The number of aromatic nitrogens is 1. The third-order valence-electron chi connectivity index (χ3n) is 1.95. The van der Waals surface area contributed by atoms with Gasteiger partial charge in [0.05, 0.1) is 11.4 Å². The Bertz CT molecular complexity index is 283. The molecule has 1 rings (SSSR count). The quantitative estimate of drug-likeness (QED) is 0.649. The van der Waals surface area contributed by atoms with Crippen molar-refractivity contribution in [2.75, 3.05) is 0 Å². The van der Waals surface area contributed by atoms with E-state index in [1.807, 2.05) is 25.4 Å². The van der Waals surface area contributed by atoms with Gasteiger partial charge in [-0.25, -0.2) is 0 Å². The maximum Gasteiger partial charge on any atom is 0.0867 e. The molecule has 13 heavy (non-hydrogen) atoms. The van der Waals surface area contributed by atoms with E-state index in [1.54, 1.807) is 0 Å². The smallest absolute Gasteiger partial charge is 0.0867 e. The van der Waals surface area contributed by atoms with Gasteiger partial charge in [-0.2, -0.15) is 0 Å². The van der Waals surface area contributed by atoms with Crippen LogP contribution in [0.1, 0.15) is 31.0 Å². The van der Waals surface area contributed by atoms with E-state index in [9.17, 15) is 0 Å². The molecule has 0 radical (unpaired) electrons. The maximum absolute atomic E-state index is 4.41. The summed E-state index contributed by atoms with van der Waals surface area (Å²) >= 11 is 0. The van der Waals surface area contributed by atoms with Crippen LogP contribution in [0, 0.1) is 13.8 Å². The summed E-state index contributed by atoms with van der Waals surface area (Å²) in [5.74, 6) is 0. The van der Waals surface area contributed by atoms with E-state index in [0.717, 1.165) is 24.2 Å². The molecular weight excluding hydrogens is 160 g/mol. The maximum atomic E-state index is 4.41. The molecule has 0 spiro atoms. The lowest BCUT2D eigenvalue weighted by Crippen LogP contribution is -1.85. The molecule has 0 aliphatic carbocycles. The fourth-order valence-electron chi connectivity index (χ4n) is 1.17. The van der Waals surface area contributed by atoms with Crippen LogP contribution in [-0.2, 0) is 0 Å². The zero-order valence-corrected chi connectivity index (χ0v) is 8.54. The minimum Gasteiger partial charge on any atom is -0.259 e. The minimum absolute atomic E-state index is 1.01. The lowest BCUT2D eigenvalue weighted by atomic mass is 10.2. The third kappa shape index (κ3) is 2.65. The molecule has 0 atom stereocenters. The standard InChI is InChI=1S/C11H16N2/c1-4-5-7-13-11-9(2)6-8-12-10(11)3/h6-8H,4-5H2,1-3H3/b13-7-. The molecule has 1 aromatic rings. The van der Waals surface area contributed by atoms with Gasteiger partial charge in [-0.1, -0.05) is 13.3 Å². The summed E-state index contributed by atoms with van der Waals surface area (Å²) < 4.78 is 0. The summed E-state index contributed by atoms with van der Waals surface area (Å²) in [5, 5.41) is 0. The third-order valence-corrected chi connectivity index (χ3v) is 1.95. The minimum atomic E-state index is 1.01.